The molecule has 4 heteroatoms. The lowest BCUT2D eigenvalue weighted by molar-refractivity contribution is 0.0436. The molecule has 0 aliphatic carbocycles. The lowest BCUT2D eigenvalue weighted by atomic mass is 9.99. The molecule has 3 nitrogen and oxygen atoms in total. The Bertz CT molecular complexity index is 431. The van der Waals surface area contributed by atoms with E-state index in [1.807, 2.05) is 19.1 Å². The highest BCUT2D eigenvalue weighted by Crippen LogP contribution is 2.27. The van der Waals surface area contributed by atoms with Crippen LogP contribution in [0.2, 0.25) is 0 Å². The number of rotatable bonds is 9. The molecule has 3 unspecified atom stereocenters. The van der Waals surface area contributed by atoms with Crippen molar-refractivity contribution in [1.29, 1.82) is 0 Å². The summed E-state index contributed by atoms with van der Waals surface area (Å²) in [7, 11) is 0. The Morgan fingerprint density at radius 3 is 2.65 bits per heavy atom. The summed E-state index contributed by atoms with van der Waals surface area (Å²) in [4.78, 5) is 2.39. The van der Waals surface area contributed by atoms with E-state index in [1.165, 1.54) is 0 Å². The molecule has 1 fully saturated rings. The Balaban J connectivity index is 2.66. The van der Waals surface area contributed by atoms with Crippen LogP contribution in [-0.4, -0.2) is 48.5 Å². The van der Waals surface area contributed by atoms with Crippen molar-refractivity contribution in [2.24, 2.45) is 11.8 Å². The highest BCUT2D eigenvalue weighted by atomic mass is 35.5. The Morgan fingerprint density at radius 2 is 2.13 bits per heavy atom. The third kappa shape index (κ3) is 6.80. The fourth-order valence-electron chi connectivity index (χ4n) is 2.98. The van der Waals surface area contributed by atoms with E-state index < -0.39 is 0 Å². The SMILES string of the molecule is C=C/C(Cl)=C\C(=C/C)CC(CO)N1CC(C)C(COC(C)C)C1. The highest BCUT2D eigenvalue weighted by Gasteiger charge is 2.33. The summed E-state index contributed by atoms with van der Waals surface area (Å²) in [6, 6.07) is 0.123. The second-order valence-corrected chi connectivity index (χ2v) is 7.15. The number of aliphatic hydroxyl groups is 1. The summed E-state index contributed by atoms with van der Waals surface area (Å²) in [5.41, 5.74) is 1.13. The first-order valence-corrected chi connectivity index (χ1v) is 8.90. The van der Waals surface area contributed by atoms with Crippen LogP contribution >= 0.6 is 11.6 Å². The van der Waals surface area contributed by atoms with Crippen LogP contribution in [0.1, 0.15) is 34.1 Å². The predicted molar refractivity (Wildman–Crippen MR) is 98.7 cm³/mol. The maximum Gasteiger partial charge on any atom is 0.0590 e. The van der Waals surface area contributed by atoms with Crippen LogP contribution < -0.4 is 0 Å². The molecular weight excluding hydrogens is 310 g/mol. The van der Waals surface area contributed by atoms with E-state index in [-0.39, 0.29) is 18.8 Å². The van der Waals surface area contributed by atoms with Gasteiger partial charge in [-0.05, 0) is 50.7 Å². The van der Waals surface area contributed by atoms with Gasteiger partial charge in [-0.25, -0.2) is 0 Å². The van der Waals surface area contributed by atoms with Crippen LogP contribution in [0.3, 0.4) is 0 Å². The van der Waals surface area contributed by atoms with Crippen molar-refractivity contribution in [3.8, 4) is 0 Å². The van der Waals surface area contributed by atoms with E-state index in [0.717, 1.165) is 31.7 Å². The summed E-state index contributed by atoms with van der Waals surface area (Å²) in [6.07, 6.45) is 6.67. The van der Waals surface area contributed by atoms with E-state index in [9.17, 15) is 5.11 Å². The third-order valence-corrected chi connectivity index (χ3v) is 4.79. The zero-order chi connectivity index (χ0) is 17.4. The number of nitrogens with zero attached hydrogens (tertiary/aromatic N) is 1. The molecular formula is C19H32ClNO2. The van der Waals surface area contributed by atoms with Crippen molar-refractivity contribution in [3.05, 3.63) is 35.4 Å². The van der Waals surface area contributed by atoms with E-state index in [2.05, 4.69) is 32.3 Å². The molecule has 1 saturated heterocycles. The molecule has 0 aromatic carbocycles. The lowest BCUT2D eigenvalue weighted by Gasteiger charge is -2.27. The topological polar surface area (TPSA) is 32.7 Å². The number of halogens is 1. The zero-order valence-electron chi connectivity index (χ0n) is 15.0. The molecule has 0 aromatic rings. The average molecular weight is 342 g/mol. The molecule has 0 saturated carbocycles. The first-order chi connectivity index (χ1) is 10.9. The second-order valence-electron chi connectivity index (χ2n) is 6.71. The fourth-order valence-corrected chi connectivity index (χ4v) is 3.12. The van der Waals surface area contributed by atoms with Crippen molar-refractivity contribution < 1.29 is 9.84 Å². The first-order valence-electron chi connectivity index (χ1n) is 8.52. The maximum absolute atomic E-state index is 9.84. The van der Waals surface area contributed by atoms with E-state index in [4.69, 9.17) is 16.3 Å². The molecule has 1 rings (SSSR count). The number of hydrogen-bond acceptors (Lipinski definition) is 3. The van der Waals surface area contributed by atoms with Gasteiger partial charge in [0.15, 0.2) is 0 Å². The Labute approximate surface area is 146 Å². The molecule has 1 aliphatic heterocycles. The maximum atomic E-state index is 9.84. The summed E-state index contributed by atoms with van der Waals surface area (Å²) in [5, 5.41) is 10.5. The minimum absolute atomic E-state index is 0.123. The van der Waals surface area contributed by atoms with Crippen molar-refractivity contribution in [2.75, 3.05) is 26.3 Å². The predicted octanol–water partition coefficient (Wildman–Crippen LogP) is 3.99. The van der Waals surface area contributed by atoms with Crippen LogP contribution in [0.4, 0.5) is 0 Å². The largest absolute Gasteiger partial charge is 0.395 e. The van der Waals surface area contributed by atoms with E-state index in [1.54, 1.807) is 6.08 Å². The van der Waals surface area contributed by atoms with Gasteiger partial charge in [-0.3, -0.25) is 4.90 Å². The molecule has 0 bridgehead atoms. The highest BCUT2D eigenvalue weighted by molar-refractivity contribution is 6.31. The molecule has 23 heavy (non-hydrogen) atoms. The summed E-state index contributed by atoms with van der Waals surface area (Å²) < 4.78 is 5.79. The van der Waals surface area contributed by atoms with Gasteiger partial charge >= 0.3 is 0 Å². The molecule has 1 aliphatic rings. The van der Waals surface area contributed by atoms with Gasteiger partial charge < -0.3 is 9.84 Å². The van der Waals surface area contributed by atoms with Crippen molar-refractivity contribution in [2.45, 2.75) is 46.3 Å². The molecule has 0 radical (unpaired) electrons. The van der Waals surface area contributed by atoms with Crippen molar-refractivity contribution in [1.82, 2.24) is 4.90 Å². The summed E-state index contributed by atoms with van der Waals surface area (Å²) in [5.74, 6) is 1.12. The van der Waals surface area contributed by atoms with Gasteiger partial charge in [-0.15, -0.1) is 0 Å². The molecule has 1 heterocycles. The van der Waals surface area contributed by atoms with Gasteiger partial charge in [0.2, 0.25) is 0 Å². The summed E-state index contributed by atoms with van der Waals surface area (Å²) in [6.45, 7) is 15.0. The van der Waals surface area contributed by atoms with Gasteiger partial charge in [0.05, 0.1) is 19.3 Å². The Morgan fingerprint density at radius 1 is 1.43 bits per heavy atom. The number of likely N-dealkylation sites (tertiary alicyclic amines) is 1. The van der Waals surface area contributed by atoms with Gasteiger partial charge in [0.1, 0.15) is 0 Å². The zero-order valence-corrected chi connectivity index (χ0v) is 15.7. The number of allylic oxidation sites excluding steroid dienone is 4. The summed E-state index contributed by atoms with van der Waals surface area (Å²) >= 11 is 6.05. The van der Waals surface area contributed by atoms with Crippen molar-refractivity contribution >= 4 is 11.6 Å². The minimum atomic E-state index is 0.123. The van der Waals surface area contributed by atoms with E-state index in [0.29, 0.717) is 16.9 Å². The third-order valence-electron chi connectivity index (χ3n) is 4.53. The van der Waals surface area contributed by atoms with Crippen LogP contribution in [-0.2, 0) is 4.74 Å². The molecule has 0 spiro atoms. The molecule has 1 N–H and O–H groups in total. The van der Waals surface area contributed by atoms with Crippen LogP contribution in [0.25, 0.3) is 0 Å². The second kappa shape index (κ2) is 10.3. The molecule has 3 atom stereocenters. The number of ether oxygens (including phenoxy) is 1. The van der Waals surface area contributed by atoms with E-state index >= 15 is 0 Å². The minimum Gasteiger partial charge on any atom is -0.395 e. The normalized spacial score (nSPS) is 25.2. The molecule has 0 amide bonds. The van der Waals surface area contributed by atoms with Crippen LogP contribution in [0, 0.1) is 11.8 Å². The Kier molecular flexibility index (Phi) is 9.15. The van der Waals surface area contributed by atoms with Gasteiger partial charge in [-0.2, -0.15) is 0 Å². The van der Waals surface area contributed by atoms with Gasteiger partial charge in [0, 0.05) is 24.2 Å². The smallest absolute Gasteiger partial charge is 0.0590 e. The monoisotopic (exact) mass is 341 g/mol. The standard InChI is InChI=1S/C19H32ClNO2/c1-6-16(8-18(20)7-2)9-19(12-22)21-10-15(5)17(11-21)13-23-14(3)4/h6-8,14-15,17,19,22H,2,9-13H2,1,3-5H3/b16-6+,18-8+. The quantitative estimate of drug-likeness (QED) is 0.644. The number of aliphatic hydroxyl groups excluding tert-OH is 1. The first kappa shape index (κ1) is 20.4. The van der Waals surface area contributed by atoms with Gasteiger partial charge in [-0.1, -0.05) is 37.3 Å². The fraction of sp³-hybridized carbons (Fsp3) is 0.684. The number of hydrogen-bond donors (Lipinski definition) is 1. The average Bonchev–Trinajstić information content (AvgIpc) is 2.89. The van der Waals surface area contributed by atoms with Crippen LogP contribution in [0.5, 0.6) is 0 Å². The lowest BCUT2D eigenvalue weighted by Crippen LogP contribution is -2.37. The molecule has 0 aromatic heterocycles. The van der Waals surface area contributed by atoms with Crippen molar-refractivity contribution in [3.63, 3.8) is 0 Å². The van der Waals surface area contributed by atoms with Crippen LogP contribution in [0.15, 0.2) is 35.4 Å². The van der Waals surface area contributed by atoms with Gasteiger partial charge in [0.25, 0.3) is 0 Å². The molecule has 132 valence electrons. The Hall–Kier alpha value is -0.610.